The Balaban J connectivity index is 2.08. The van der Waals surface area contributed by atoms with E-state index in [4.69, 9.17) is 9.47 Å². The molecular weight excluding hydrogens is 408 g/mol. The second-order valence-corrected chi connectivity index (χ2v) is 9.22. The maximum absolute atomic E-state index is 12.4. The molecule has 0 aliphatic rings. The van der Waals surface area contributed by atoms with Crippen molar-refractivity contribution >= 4 is 27.8 Å². The van der Waals surface area contributed by atoms with Crippen LogP contribution in [0, 0.1) is 0 Å². The SMILES string of the molecule is COC(=O)[C@@H](Cc1ccc(NS(=O)(=O)c2ccccc2)cc1)NC(=O)OC(C)(C)C. The lowest BCUT2D eigenvalue weighted by Gasteiger charge is -2.22. The van der Waals surface area contributed by atoms with Crippen LogP contribution in [-0.2, 0) is 30.7 Å². The number of benzene rings is 2. The van der Waals surface area contributed by atoms with Crippen molar-refractivity contribution < 1.29 is 27.5 Å². The standard InChI is InChI=1S/C21H26N2O6S/c1-21(2,3)29-20(25)22-18(19(24)28-4)14-15-10-12-16(13-11-15)23-30(26,27)17-8-6-5-7-9-17/h5-13,18,23H,14H2,1-4H3,(H,22,25)/t18-/m1/s1. The molecule has 0 aromatic heterocycles. The first kappa shape index (κ1) is 23.2. The van der Waals surface area contributed by atoms with Crippen molar-refractivity contribution in [2.24, 2.45) is 0 Å². The Bertz CT molecular complexity index is 967. The third-order valence-corrected chi connectivity index (χ3v) is 5.27. The van der Waals surface area contributed by atoms with Crippen molar-refractivity contribution in [1.82, 2.24) is 5.32 Å². The summed E-state index contributed by atoms with van der Waals surface area (Å²) in [6, 6.07) is 13.6. The molecule has 9 heteroatoms. The van der Waals surface area contributed by atoms with Crippen LogP contribution in [0.4, 0.5) is 10.5 Å². The first-order valence-electron chi connectivity index (χ1n) is 9.24. The highest BCUT2D eigenvalue weighted by Crippen LogP contribution is 2.17. The first-order chi connectivity index (χ1) is 14.0. The number of methoxy groups -OCH3 is 1. The average Bonchev–Trinajstić information content (AvgIpc) is 2.67. The summed E-state index contributed by atoms with van der Waals surface area (Å²) in [5.41, 5.74) is 0.365. The number of ether oxygens (including phenoxy) is 2. The molecule has 1 amide bonds. The summed E-state index contributed by atoms with van der Waals surface area (Å²) >= 11 is 0. The monoisotopic (exact) mass is 434 g/mol. The lowest BCUT2D eigenvalue weighted by molar-refractivity contribution is -0.143. The Hall–Kier alpha value is -3.07. The van der Waals surface area contributed by atoms with Crippen molar-refractivity contribution in [2.45, 2.75) is 43.7 Å². The van der Waals surface area contributed by atoms with E-state index >= 15 is 0 Å². The van der Waals surface area contributed by atoms with Crippen molar-refractivity contribution in [1.29, 1.82) is 0 Å². The largest absolute Gasteiger partial charge is 0.467 e. The summed E-state index contributed by atoms with van der Waals surface area (Å²) in [7, 11) is -2.47. The third kappa shape index (κ3) is 7.07. The van der Waals surface area contributed by atoms with Gasteiger partial charge in [-0.1, -0.05) is 30.3 Å². The van der Waals surface area contributed by atoms with Gasteiger partial charge in [-0.05, 0) is 50.6 Å². The molecule has 0 aliphatic carbocycles. The van der Waals surface area contributed by atoms with Crippen molar-refractivity contribution in [2.75, 3.05) is 11.8 Å². The number of carbonyl (C=O) groups excluding carboxylic acids is 2. The molecule has 2 rings (SSSR count). The minimum absolute atomic E-state index is 0.150. The number of esters is 1. The van der Waals surface area contributed by atoms with E-state index in [0.29, 0.717) is 11.3 Å². The molecule has 2 N–H and O–H groups in total. The molecule has 0 aliphatic heterocycles. The third-order valence-electron chi connectivity index (χ3n) is 3.88. The van der Waals surface area contributed by atoms with Gasteiger partial charge < -0.3 is 14.8 Å². The Morgan fingerprint density at radius 1 is 1.00 bits per heavy atom. The van der Waals surface area contributed by atoms with Crippen LogP contribution in [0.2, 0.25) is 0 Å². The van der Waals surface area contributed by atoms with Crippen LogP contribution in [0.5, 0.6) is 0 Å². The van der Waals surface area contributed by atoms with E-state index in [9.17, 15) is 18.0 Å². The topological polar surface area (TPSA) is 111 Å². The lowest BCUT2D eigenvalue weighted by atomic mass is 10.1. The normalized spacial score (nSPS) is 12.5. The van der Waals surface area contributed by atoms with E-state index in [0.717, 1.165) is 0 Å². The van der Waals surface area contributed by atoms with Crippen LogP contribution in [-0.4, -0.2) is 39.2 Å². The molecule has 0 fully saturated rings. The summed E-state index contributed by atoms with van der Waals surface area (Å²) in [5.74, 6) is -0.616. The van der Waals surface area contributed by atoms with Gasteiger partial charge in [0.2, 0.25) is 0 Å². The number of rotatable bonds is 7. The van der Waals surface area contributed by atoms with Gasteiger partial charge in [0.25, 0.3) is 10.0 Å². The van der Waals surface area contributed by atoms with E-state index in [-0.39, 0.29) is 11.3 Å². The molecular formula is C21H26N2O6S. The minimum atomic E-state index is -3.70. The fourth-order valence-electron chi connectivity index (χ4n) is 2.54. The fourth-order valence-corrected chi connectivity index (χ4v) is 3.62. The molecule has 0 heterocycles. The van der Waals surface area contributed by atoms with Crippen LogP contribution in [0.1, 0.15) is 26.3 Å². The van der Waals surface area contributed by atoms with Crippen LogP contribution >= 0.6 is 0 Å². The molecule has 0 radical (unpaired) electrons. The summed E-state index contributed by atoms with van der Waals surface area (Å²) in [5, 5.41) is 2.50. The molecule has 2 aromatic rings. The zero-order chi connectivity index (χ0) is 22.4. The van der Waals surface area contributed by atoms with E-state index in [1.807, 2.05) is 0 Å². The summed E-state index contributed by atoms with van der Waals surface area (Å²) in [4.78, 5) is 24.2. The van der Waals surface area contributed by atoms with Gasteiger partial charge in [-0.25, -0.2) is 18.0 Å². The quantitative estimate of drug-likeness (QED) is 0.648. The van der Waals surface area contributed by atoms with Gasteiger partial charge in [-0.3, -0.25) is 4.72 Å². The number of carbonyl (C=O) groups is 2. The van der Waals surface area contributed by atoms with E-state index in [1.54, 1.807) is 63.2 Å². The van der Waals surface area contributed by atoms with Crippen molar-refractivity contribution in [3.63, 3.8) is 0 Å². The van der Waals surface area contributed by atoms with Crippen LogP contribution < -0.4 is 10.0 Å². The number of sulfonamides is 1. The molecule has 0 saturated carbocycles. The van der Waals surface area contributed by atoms with Crippen LogP contribution in [0.25, 0.3) is 0 Å². The highest BCUT2D eigenvalue weighted by atomic mass is 32.2. The molecule has 0 saturated heterocycles. The van der Waals surface area contributed by atoms with Gasteiger partial charge in [-0.15, -0.1) is 0 Å². The number of nitrogens with one attached hydrogen (secondary N) is 2. The van der Waals surface area contributed by atoms with Gasteiger partial charge >= 0.3 is 12.1 Å². The first-order valence-corrected chi connectivity index (χ1v) is 10.7. The Morgan fingerprint density at radius 2 is 1.60 bits per heavy atom. The number of anilines is 1. The van der Waals surface area contributed by atoms with Crippen LogP contribution in [0.3, 0.4) is 0 Å². The lowest BCUT2D eigenvalue weighted by Crippen LogP contribution is -2.45. The molecule has 1 atom stereocenters. The van der Waals surface area contributed by atoms with Gasteiger partial charge in [-0.2, -0.15) is 0 Å². The zero-order valence-corrected chi connectivity index (χ0v) is 18.2. The molecule has 162 valence electrons. The molecule has 30 heavy (non-hydrogen) atoms. The van der Waals surface area contributed by atoms with Gasteiger partial charge in [0, 0.05) is 12.1 Å². The summed E-state index contributed by atoms with van der Waals surface area (Å²) < 4.78 is 37.2. The summed E-state index contributed by atoms with van der Waals surface area (Å²) in [6.07, 6.45) is -0.581. The second-order valence-electron chi connectivity index (χ2n) is 7.54. The maximum atomic E-state index is 12.4. The minimum Gasteiger partial charge on any atom is -0.467 e. The van der Waals surface area contributed by atoms with Crippen LogP contribution in [0.15, 0.2) is 59.5 Å². The summed E-state index contributed by atoms with van der Waals surface area (Å²) in [6.45, 7) is 5.15. The number of hydrogen-bond donors (Lipinski definition) is 2. The van der Waals surface area contributed by atoms with Crippen molar-refractivity contribution in [3.8, 4) is 0 Å². The van der Waals surface area contributed by atoms with Gasteiger partial charge in [0.15, 0.2) is 0 Å². The Labute approximate surface area is 176 Å². The predicted octanol–water partition coefficient (Wildman–Crippen LogP) is 3.10. The fraction of sp³-hybridized carbons (Fsp3) is 0.333. The average molecular weight is 435 g/mol. The van der Waals surface area contributed by atoms with E-state index < -0.39 is 33.7 Å². The van der Waals surface area contributed by atoms with Gasteiger partial charge in [0.05, 0.1) is 12.0 Å². The molecule has 0 unspecified atom stereocenters. The number of amides is 1. The zero-order valence-electron chi connectivity index (χ0n) is 17.3. The predicted molar refractivity (Wildman–Crippen MR) is 113 cm³/mol. The van der Waals surface area contributed by atoms with Crippen molar-refractivity contribution in [3.05, 3.63) is 60.2 Å². The molecule has 8 nitrogen and oxygen atoms in total. The van der Waals surface area contributed by atoms with Gasteiger partial charge in [0.1, 0.15) is 11.6 Å². The number of hydrogen-bond acceptors (Lipinski definition) is 6. The smallest absolute Gasteiger partial charge is 0.408 e. The maximum Gasteiger partial charge on any atom is 0.408 e. The second kappa shape index (κ2) is 9.62. The molecule has 0 bridgehead atoms. The number of alkyl carbamates (subject to hydrolysis) is 1. The van der Waals surface area contributed by atoms with E-state index in [1.165, 1.54) is 19.2 Å². The highest BCUT2D eigenvalue weighted by Gasteiger charge is 2.25. The van der Waals surface area contributed by atoms with E-state index in [2.05, 4.69) is 10.0 Å². The highest BCUT2D eigenvalue weighted by molar-refractivity contribution is 7.92. The Kier molecular flexibility index (Phi) is 7.44. The molecule has 0 spiro atoms. The molecule has 2 aromatic carbocycles. The Morgan fingerprint density at radius 3 is 2.13 bits per heavy atom.